The minimum absolute atomic E-state index is 0.106. The van der Waals surface area contributed by atoms with Gasteiger partial charge in [-0.05, 0) is 24.6 Å². The number of hydrogen-bond donors (Lipinski definition) is 1. The van der Waals surface area contributed by atoms with Gasteiger partial charge in [-0.3, -0.25) is 0 Å². The molecule has 1 rings (SSSR count). The average Bonchev–Trinajstić information content (AvgIpc) is 2.33. The van der Waals surface area contributed by atoms with Crippen LogP contribution in [0.25, 0.3) is 0 Å². The van der Waals surface area contributed by atoms with E-state index in [0.29, 0.717) is 11.5 Å². The van der Waals surface area contributed by atoms with Crippen molar-refractivity contribution in [2.75, 3.05) is 14.2 Å². The van der Waals surface area contributed by atoms with Gasteiger partial charge < -0.3 is 14.6 Å². The second kappa shape index (κ2) is 10.1. The molecule has 94 valence electrons. The number of aromatic hydroxyl groups is 1. The lowest BCUT2D eigenvalue weighted by Crippen LogP contribution is -1.91. The fourth-order valence-electron chi connectivity index (χ4n) is 1.08. The topological polar surface area (TPSA) is 38.7 Å². The van der Waals surface area contributed by atoms with Gasteiger partial charge in [-0.15, -0.1) is 0 Å². The SMILES string of the molecule is CC.CC.COc1cc(C)cc(O)c1OC. The van der Waals surface area contributed by atoms with Crippen LogP contribution < -0.4 is 9.47 Å². The summed E-state index contributed by atoms with van der Waals surface area (Å²) in [6.07, 6.45) is 0. The zero-order valence-corrected chi connectivity index (χ0v) is 11.4. The maximum atomic E-state index is 9.40. The molecule has 1 aromatic carbocycles. The van der Waals surface area contributed by atoms with Gasteiger partial charge in [0.2, 0.25) is 5.75 Å². The molecule has 0 fully saturated rings. The highest BCUT2D eigenvalue weighted by Gasteiger charge is 2.08. The Morgan fingerprint density at radius 2 is 1.44 bits per heavy atom. The number of rotatable bonds is 2. The number of methoxy groups -OCH3 is 2. The Morgan fingerprint density at radius 1 is 0.938 bits per heavy atom. The molecule has 0 radical (unpaired) electrons. The van der Waals surface area contributed by atoms with Crippen LogP contribution in [0.5, 0.6) is 17.2 Å². The predicted molar refractivity (Wildman–Crippen MR) is 68.6 cm³/mol. The van der Waals surface area contributed by atoms with E-state index >= 15 is 0 Å². The molecule has 0 aliphatic carbocycles. The molecule has 0 unspecified atom stereocenters. The van der Waals surface area contributed by atoms with E-state index in [1.807, 2.05) is 34.6 Å². The summed E-state index contributed by atoms with van der Waals surface area (Å²) in [7, 11) is 3.03. The lowest BCUT2D eigenvalue weighted by atomic mass is 10.2. The first-order valence-electron chi connectivity index (χ1n) is 5.60. The van der Waals surface area contributed by atoms with Gasteiger partial charge in [0.05, 0.1) is 14.2 Å². The van der Waals surface area contributed by atoms with E-state index in [9.17, 15) is 5.11 Å². The number of benzene rings is 1. The van der Waals surface area contributed by atoms with Crippen LogP contribution >= 0.6 is 0 Å². The highest BCUT2D eigenvalue weighted by Crippen LogP contribution is 2.36. The average molecular weight is 228 g/mol. The van der Waals surface area contributed by atoms with Gasteiger partial charge in [0, 0.05) is 0 Å². The smallest absolute Gasteiger partial charge is 0.203 e. The summed E-state index contributed by atoms with van der Waals surface area (Å²) in [5, 5.41) is 9.40. The summed E-state index contributed by atoms with van der Waals surface area (Å²) in [6, 6.07) is 3.43. The fourth-order valence-corrected chi connectivity index (χ4v) is 1.08. The number of hydrogen-bond acceptors (Lipinski definition) is 3. The third-order valence-electron chi connectivity index (χ3n) is 1.60. The van der Waals surface area contributed by atoms with Gasteiger partial charge >= 0.3 is 0 Å². The summed E-state index contributed by atoms with van der Waals surface area (Å²) in [4.78, 5) is 0. The third-order valence-corrected chi connectivity index (χ3v) is 1.60. The molecule has 3 heteroatoms. The van der Waals surface area contributed by atoms with E-state index in [1.54, 1.807) is 12.1 Å². The van der Waals surface area contributed by atoms with Crippen LogP contribution in [0.15, 0.2) is 12.1 Å². The van der Waals surface area contributed by atoms with E-state index in [1.165, 1.54) is 14.2 Å². The molecule has 3 nitrogen and oxygen atoms in total. The van der Waals surface area contributed by atoms with Gasteiger partial charge in [-0.1, -0.05) is 27.7 Å². The zero-order chi connectivity index (χ0) is 13.1. The number of phenols is 1. The monoisotopic (exact) mass is 228 g/mol. The Kier molecular flexibility index (Phi) is 10.8. The molecular weight excluding hydrogens is 204 g/mol. The number of aryl methyl sites for hydroxylation is 1. The van der Waals surface area contributed by atoms with Crippen molar-refractivity contribution in [1.82, 2.24) is 0 Å². The standard InChI is InChI=1S/C9H12O3.2C2H6/c1-6-4-7(10)9(12-3)8(5-6)11-2;2*1-2/h4-5,10H,1-3H3;2*1-2H3. The molecule has 0 atom stereocenters. The van der Waals surface area contributed by atoms with Gasteiger partial charge in [-0.2, -0.15) is 0 Å². The Hall–Kier alpha value is -1.38. The van der Waals surface area contributed by atoms with Gasteiger partial charge in [0.25, 0.3) is 0 Å². The van der Waals surface area contributed by atoms with Crippen molar-refractivity contribution in [3.8, 4) is 17.2 Å². The molecule has 0 saturated heterocycles. The lowest BCUT2D eigenvalue weighted by Gasteiger charge is -2.09. The predicted octanol–water partition coefficient (Wildman–Crippen LogP) is 3.77. The molecule has 0 aliphatic rings. The first-order valence-corrected chi connectivity index (χ1v) is 5.60. The fraction of sp³-hybridized carbons (Fsp3) is 0.538. The molecule has 0 heterocycles. The van der Waals surface area contributed by atoms with Crippen molar-refractivity contribution in [3.05, 3.63) is 17.7 Å². The summed E-state index contributed by atoms with van der Waals surface area (Å²) in [6.45, 7) is 9.88. The largest absolute Gasteiger partial charge is 0.504 e. The molecule has 0 aliphatic heterocycles. The molecule has 16 heavy (non-hydrogen) atoms. The van der Waals surface area contributed by atoms with Crippen LogP contribution in [-0.2, 0) is 0 Å². The first-order chi connectivity index (χ1) is 7.69. The van der Waals surface area contributed by atoms with Crippen molar-refractivity contribution < 1.29 is 14.6 Å². The summed E-state index contributed by atoms with van der Waals surface area (Å²) in [5.41, 5.74) is 0.935. The number of ether oxygens (including phenoxy) is 2. The first kappa shape index (κ1) is 17.0. The van der Waals surface area contributed by atoms with Crippen molar-refractivity contribution in [3.63, 3.8) is 0 Å². The molecule has 0 bridgehead atoms. The van der Waals surface area contributed by atoms with Gasteiger partial charge in [0.1, 0.15) is 0 Å². The van der Waals surface area contributed by atoms with Crippen LogP contribution in [0.1, 0.15) is 33.3 Å². The van der Waals surface area contributed by atoms with E-state index in [-0.39, 0.29) is 5.75 Å². The minimum Gasteiger partial charge on any atom is -0.504 e. The maximum Gasteiger partial charge on any atom is 0.203 e. The lowest BCUT2D eigenvalue weighted by molar-refractivity contribution is 0.332. The second-order valence-electron chi connectivity index (χ2n) is 2.52. The van der Waals surface area contributed by atoms with Crippen LogP contribution in [-0.4, -0.2) is 19.3 Å². The van der Waals surface area contributed by atoms with Crippen LogP contribution in [0.3, 0.4) is 0 Å². The Morgan fingerprint density at radius 3 is 1.81 bits per heavy atom. The van der Waals surface area contributed by atoms with Crippen molar-refractivity contribution in [1.29, 1.82) is 0 Å². The molecule has 0 saturated carbocycles. The summed E-state index contributed by atoms with van der Waals surface area (Å²) < 4.78 is 9.96. The van der Waals surface area contributed by atoms with E-state index in [2.05, 4.69) is 0 Å². The normalized spacial score (nSPS) is 7.94. The molecule has 0 amide bonds. The van der Waals surface area contributed by atoms with Crippen molar-refractivity contribution in [2.45, 2.75) is 34.6 Å². The van der Waals surface area contributed by atoms with Crippen molar-refractivity contribution >= 4 is 0 Å². The van der Waals surface area contributed by atoms with E-state index < -0.39 is 0 Å². The quantitative estimate of drug-likeness (QED) is 0.837. The Balaban J connectivity index is 0. The number of phenolic OH excluding ortho intramolecular Hbond substituents is 1. The minimum atomic E-state index is 0.106. The molecular formula is C13H24O3. The third kappa shape index (κ3) is 4.91. The van der Waals surface area contributed by atoms with Crippen LogP contribution in [0, 0.1) is 6.92 Å². The molecule has 1 aromatic rings. The van der Waals surface area contributed by atoms with E-state index in [0.717, 1.165) is 5.56 Å². The highest BCUT2D eigenvalue weighted by molar-refractivity contribution is 5.52. The molecule has 0 aromatic heterocycles. The Bertz CT molecular complexity index is 283. The maximum absolute atomic E-state index is 9.40. The molecule has 1 N–H and O–H groups in total. The van der Waals surface area contributed by atoms with Crippen LogP contribution in [0.2, 0.25) is 0 Å². The second-order valence-corrected chi connectivity index (χ2v) is 2.52. The van der Waals surface area contributed by atoms with Crippen molar-refractivity contribution in [2.24, 2.45) is 0 Å². The Labute approximate surface area is 99.0 Å². The molecule has 0 spiro atoms. The zero-order valence-electron chi connectivity index (χ0n) is 11.4. The summed E-state index contributed by atoms with van der Waals surface area (Å²) in [5.74, 6) is 1.03. The highest BCUT2D eigenvalue weighted by atomic mass is 16.5. The van der Waals surface area contributed by atoms with Gasteiger partial charge in [0.15, 0.2) is 11.5 Å². The van der Waals surface area contributed by atoms with Crippen LogP contribution in [0.4, 0.5) is 0 Å². The van der Waals surface area contributed by atoms with Gasteiger partial charge in [-0.25, -0.2) is 0 Å². The summed E-state index contributed by atoms with van der Waals surface area (Å²) >= 11 is 0. The van der Waals surface area contributed by atoms with E-state index in [4.69, 9.17) is 9.47 Å².